The summed E-state index contributed by atoms with van der Waals surface area (Å²) in [7, 11) is 0. The van der Waals surface area contributed by atoms with Crippen LogP contribution in [0.4, 0.5) is 4.39 Å². The fourth-order valence-corrected chi connectivity index (χ4v) is 1.95. The zero-order valence-electron chi connectivity index (χ0n) is 9.30. The van der Waals surface area contributed by atoms with Crippen molar-refractivity contribution in [1.29, 1.82) is 0 Å². The Morgan fingerprint density at radius 3 is 2.60 bits per heavy atom. The van der Waals surface area contributed by atoms with E-state index in [1.165, 1.54) is 12.1 Å². The molecule has 0 amide bonds. The van der Waals surface area contributed by atoms with Gasteiger partial charge in [-0.2, -0.15) is 0 Å². The third-order valence-electron chi connectivity index (χ3n) is 2.71. The van der Waals surface area contributed by atoms with Crippen LogP contribution in [0.2, 0.25) is 0 Å². The molecule has 1 aromatic carbocycles. The van der Waals surface area contributed by atoms with Crippen molar-refractivity contribution in [3.8, 4) is 0 Å². The van der Waals surface area contributed by atoms with Gasteiger partial charge in [-0.05, 0) is 32.9 Å². The Balaban J connectivity index is 2.31. The lowest BCUT2D eigenvalue weighted by Crippen LogP contribution is -2.34. The zero-order chi connectivity index (χ0) is 11.1. The Kier molecular flexibility index (Phi) is 2.32. The fraction of sp³-hybridized carbons (Fsp3) is 0.500. The first-order valence-corrected chi connectivity index (χ1v) is 5.13. The molecular formula is C12H16FNO. The van der Waals surface area contributed by atoms with Crippen LogP contribution >= 0.6 is 0 Å². The Labute approximate surface area is 89.4 Å². The van der Waals surface area contributed by atoms with E-state index >= 15 is 0 Å². The van der Waals surface area contributed by atoms with Gasteiger partial charge in [-0.3, -0.25) is 5.32 Å². The molecule has 1 saturated heterocycles. The van der Waals surface area contributed by atoms with Crippen LogP contribution in [-0.4, -0.2) is 12.1 Å². The molecule has 0 radical (unpaired) electrons. The lowest BCUT2D eigenvalue weighted by Gasteiger charge is -2.27. The van der Waals surface area contributed by atoms with Gasteiger partial charge in [0, 0.05) is 12.1 Å². The number of hydrogen-bond donors (Lipinski definition) is 1. The summed E-state index contributed by atoms with van der Waals surface area (Å²) >= 11 is 0. The van der Waals surface area contributed by atoms with Crippen LogP contribution in [0.15, 0.2) is 24.3 Å². The molecule has 2 rings (SSSR count). The van der Waals surface area contributed by atoms with Gasteiger partial charge in [0.15, 0.2) is 0 Å². The van der Waals surface area contributed by atoms with E-state index in [1.807, 2.05) is 26.8 Å². The predicted octanol–water partition coefficient (Wildman–Crippen LogP) is 2.40. The third-order valence-corrected chi connectivity index (χ3v) is 2.71. The van der Waals surface area contributed by atoms with Gasteiger partial charge in [0.2, 0.25) is 0 Å². The van der Waals surface area contributed by atoms with E-state index in [1.54, 1.807) is 6.07 Å². The summed E-state index contributed by atoms with van der Waals surface area (Å²) < 4.78 is 19.0. The highest BCUT2D eigenvalue weighted by molar-refractivity contribution is 5.23. The zero-order valence-corrected chi connectivity index (χ0v) is 9.30. The van der Waals surface area contributed by atoms with Gasteiger partial charge in [-0.25, -0.2) is 4.39 Å². The van der Waals surface area contributed by atoms with E-state index in [0.717, 1.165) is 12.1 Å². The number of halogens is 1. The standard InChI is InChI=1S/C12H16FNO/c1-11(2)8-14-12(3,15-11)9-5-4-6-10(13)7-9/h4-7,14H,8H2,1-3H3. The van der Waals surface area contributed by atoms with Gasteiger partial charge in [-0.1, -0.05) is 12.1 Å². The van der Waals surface area contributed by atoms with E-state index in [2.05, 4.69) is 5.32 Å². The third kappa shape index (κ3) is 2.03. The van der Waals surface area contributed by atoms with Crippen molar-refractivity contribution in [3.63, 3.8) is 0 Å². The van der Waals surface area contributed by atoms with E-state index in [0.29, 0.717) is 0 Å². The molecule has 1 N–H and O–H groups in total. The van der Waals surface area contributed by atoms with Crippen molar-refractivity contribution in [1.82, 2.24) is 5.32 Å². The van der Waals surface area contributed by atoms with E-state index in [-0.39, 0.29) is 11.4 Å². The molecule has 82 valence electrons. The van der Waals surface area contributed by atoms with Crippen LogP contribution in [0.25, 0.3) is 0 Å². The Bertz CT molecular complexity index is 378. The fourth-order valence-electron chi connectivity index (χ4n) is 1.95. The second-order valence-corrected chi connectivity index (χ2v) is 4.76. The molecule has 1 fully saturated rings. The van der Waals surface area contributed by atoms with Crippen molar-refractivity contribution in [2.24, 2.45) is 0 Å². The van der Waals surface area contributed by atoms with E-state index in [9.17, 15) is 4.39 Å². The molecule has 1 aliphatic rings. The highest BCUT2D eigenvalue weighted by atomic mass is 19.1. The van der Waals surface area contributed by atoms with E-state index < -0.39 is 5.72 Å². The minimum Gasteiger partial charge on any atom is -0.349 e. The molecule has 0 aliphatic carbocycles. The van der Waals surface area contributed by atoms with Crippen LogP contribution in [0.3, 0.4) is 0 Å². The molecule has 0 bridgehead atoms. The van der Waals surface area contributed by atoms with Crippen LogP contribution in [0.1, 0.15) is 26.3 Å². The molecule has 1 aromatic rings. The molecular weight excluding hydrogens is 193 g/mol. The number of ether oxygens (including phenoxy) is 1. The normalized spacial score (nSPS) is 29.3. The average molecular weight is 209 g/mol. The minimum absolute atomic E-state index is 0.207. The van der Waals surface area contributed by atoms with Crippen molar-refractivity contribution in [2.45, 2.75) is 32.1 Å². The molecule has 0 spiro atoms. The first-order valence-electron chi connectivity index (χ1n) is 5.13. The summed E-state index contributed by atoms with van der Waals surface area (Å²) in [6.45, 7) is 6.73. The molecule has 15 heavy (non-hydrogen) atoms. The number of hydrogen-bond acceptors (Lipinski definition) is 2. The van der Waals surface area contributed by atoms with Crippen LogP contribution < -0.4 is 5.32 Å². The van der Waals surface area contributed by atoms with Gasteiger partial charge >= 0.3 is 0 Å². The Morgan fingerprint density at radius 2 is 2.07 bits per heavy atom. The summed E-state index contributed by atoms with van der Waals surface area (Å²) in [6, 6.07) is 6.52. The van der Waals surface area contributed by atoms with Crippen molar-refractivity contribution in [2.75, 3.05) is 6.54 Å². The van der Waals surface area contributed by atoms with Gasteiger partial charge in [-0.15, -0.1) is 0 Å². The average Bonchev–Trinajstić information content (AvgIpc) is 2.42. The van der Waals surface area contributed by atoms with Crippen molar-refractivity contribution in [3.05, 3.63) is 35.6 Å². The van der Waals surface area contributed by atoms with Gasteiger partial charge in [0.05, 0.1) is 5.60 Å². The molecule has 1 aliphatic heterocycles. The molecule has 2 nitrogen and oxygen atoms in total. The van der Waals surface area contributed by atoms with Crippen LogP contribution in [-0.2, 0) is 10.5 Å². The first kappa shape index (κ1) is 10.6. The van der Waals surface area contributed by atoms with Gasteiger partial charge in [0.25, 0.3) is 0 Å². The molecule has 1 atom stereocenters. The Morgan fingerprint density at radius 1 is 1.33 bits per heavy atom. The summed E-state index contributed by atoms with van der Waals surface area (Å²) in [5.74, 6) is -0.233. The Hall–Kier alpha value is -0.930. The largest absolute Gasteiger partial charge is 0.349 e. The van der Waals surface area contributed by atoms with Crippen LogP contribution in [0, 0.1) is 5.82 Å². The summed E-state index contributed by atoms with van der Waals surface area (Å²) in [5, 5.41) is 3.28. The second-order valence-electron chi connectivity index (χ2n) is 4.76. The molecule has 3 heteroatoms. The summed E-state index contributed by atoms with van der Waals surface area (Å²) in [6.07, 6.45) is 0. The molecule has 0 saturated carbocycles. The second kappa shape index (κ2) is 3.29. The first-order chi connectivity index (χ1) is 6.91. The minimum atomic E-state index is -0.578. The monoisotopic (exact) mass is 209 g/mol. The maximum Gasteiger partial charge on any atom is 0.143 e. The summed E-state index contributed by atoms with van der Waals surface area (Å²) in [5.41, 5.74) is 0.0419. The SMILES string of the molecule is CC1(C)CNC(C)(c2cccc(F)c2)O1. The smallest absolute Gasteiger partial charge is 0.143 e. The van der Waals surface area contributed by atoms with E-state index in [4.69, 9.17) is 4.74 Å². The highest BCUT2D eigenvalue weighted by Crippen LogP contribution is 2.33. The molecule has 1 unspecified atom stereocenters. The number of nitrogens with one attached hydrogen (secondary N) is 1. The van der Waals surface area contributed by atoms with Crippen LogP contribution in [0.5, 0.6) is 0 Å². The summed E-state index contributed by atoms with van der Waals surface area (Å²) in [4.78, 5) is 0. The van der Waals surface area contributed by atoms with Gasteiger partial charge < -0.3 is 4.74 Å². The maximum atomic E-state index is 13.1. The van der Waals surface area contributed by atoms with Crippen molar-refractivity contribution >= 4 is 0 Å². The quantitative estimate of drug-likeness (QED) is 0.766. The number of benzene rings is 1. The lowest BCUT2D eigenvalue weighted by molar-refractivity contribution is -0.0840. The maximum absolute atomic E-state index is 13.1. The lowest BCUT2D eigenvalue weighted by atomic mass is 10.1. The molecule has 1 heterocycles. The molecule has 0 aromatic heterocycles. The highest BCUT2D eigenvalue weighted by Gasteiger charge is 2.41. The van der Waals surface area contributed by atoms with Crippen molar-refractivity contribution < 1.29 is 9.13 Å². The number of rotatable bonds is 1. The van der Waals surface area contributed by atoms with Gasteiger partial charge in [0.1, 0.15) is 11.5 Å². The topological polar surface area (TPSA) is 21.3 Å². The predicted molar refractivity (Wildman–Crippen MR) is 56.9 cm³/mol.